The molecular weight excluding hydrogens is 218 g/mol. The van der Waals surface area contributed by atoms with Crippen LogP contribution in [0.4, 0.5) is 4.79 Å². The number of amides is 1. The van der Waals surface area contributed by atoms with Crippen molar-refractivity contribution < 1.29 is 9.53 Å². The monoisotopic (exact) mass is 241 g/mol. The van der Waals surface area contributed by atoms with Gasteiger partial charge in [0, 0.05) is 24.7 Å². The Balaban J connectivity index is 2.60. The van der Waals surface area contributed by atoms with Crippen molar-refractivity contribution in [1.82, 2.24) is 4.90 Å². The molecule has 1 aliphatic heterocycles. The Bertz CT molecular complexity index is 307. The average molecular weight is 241 g/mol. The number of nitrogens with zero attached hydrogens (tertiary/aromatic N) is 2. The molecular formula is C12H23N3O2. The van der Waals surface area contributed by atoms with Crippen LogP contribution in [-0.2, 0) is 4.74 Å². The molecule has 0 radical (unpaired) electrons. The lowest BCUT2D eigenvalue weighted by Gasteiger charge is -2.28. The van der Waals surface area contributed by atoms with E-state index in [0.717, 1.165) is 31.5 Å². The van der Waals surface area contributed by atoms with E-state index in [1.165, 1.54) is 0 Å². The standard InChI is InChI=1S/C12H23N3O2/c1-9(14-13)8-10-6-5-7-15(10)11(16)17-12(2,3)4/h10H,5-8,13H2,1-4H3/b14-9+. The Morgan fingerprint density at radius 3 is 2.71 bits per heavy atom. The Morgan fingerprint density at radius 2 is 2.18 bits per heavy atom. The van der Waals surface area contributed by atoms with Gasteiger partial charge >= 0.3 is 6.09 Å². The number of carbonyl (C=O) groups is 1. The molecule has 1 amide bonds. The molecule has 2 N–H and O–H groups in total. The highest BCUT2D eigenvalue weighted by molar-refractivity contribution is 5.82. The Hall–Kier alpha value is -1.26. The maximum atomic E-state index is 12.0. The molecule has 5 heteroatoms. The summed E-state index contributed by atoms with van der Waals surface area (Å²) in [5.41, 5.74) is 0.423. The summed E-state index contributed by atoms with van der Waals surface area (Å²) in [6, 6.07) is 0.178. The summed E-state index contributed by atoms with van der Waals surface area (Å²) in [4.78, 5) is 13.8. The van der Waals surface area contributed by atoms with Gasteiger partial charge in [0.2, 0.25) is 0 Å². The molecule has 0 aromatic heterocycles. The molecule has 1 heterocycles. The molecule has 98 valence electrons. The summed E-state index contributed by atoms with van der Waals surface area (Å²) >= 11 is 0. The highest BCUT2D eigenvalue weighted by Gasteiger charge is 2.32. The van der Waals surface area contributed by atoms with Gasteiger partial charge in [-0.1, -0.05) is 0 Å². The van der Waals surface area contributed by atoms with Crippen molar-refractivity contribution in [3.8, 4) is 0 Å². The van der Waals surface area contributed by atoms with Crippen LogP contribution in [0.15, 0.2) is 5.10 Å². The van der Waals surface area contributed by atoms with Gasteiger partial charge in [-0.2, -0.15) is 5.10 Å². The molecule has 17 heavy (non-hydrogen) atoms. The van der Waals surface area contributed by atoms with Gasteiger partial charge in [-0.05, 0) is 40.5 Å². The van der Waals surface area contributed by atoms with Crippen LogP contribution in [0.5, 0.6) is 0 Å². The minimum absolute atomic E-state index is 0.178. The predicted octanol–water partition coefficient (Wildman–Crippen LogP) is 2.11. The first kappa shape index (κ1) is 13.8. The van der Waals surface area contributed by atoms with E-state index >= 15 is 0 Å². The molecule has 0 saturated carbocycles. The molecule has 1 unspecified atom stereocenters. The highest BCUT2D eigenvalue weighted by Crippen LogP contribution is 2.23. The third-order valence-electron chi connectivity index (χ3n) is 2.76. The van der Waals surface area contributed by atoms with Crippen LogP contribution in [-0.4, -0.2) is 34.9 Å². The minimum atomic E-state index is -0.443. The summed E-state index contributed by atoms with van der Waals surface area (Å²) in [6.07, 6.45) is 2.51. The molecule has 0 spiro atoms. The first-order chi connectivity index (χ1) is 7.83. The van der Waals surface area contributed by atoms with Crippen molar-refractivity contribution in [2.45, 2.75) is 58.6 Å². The van der Waals surface area contributed by atoms with Crippen LogP contribution in [0.25, 0.3) is 0 Å². The van der Waals surface area contributed by atoms with E-state index in [1.807, 2.05) is 27.7 Å². The normalized spacial score (nSPS) is 21.8. The van der Waals surface area contributed by atoms with Crippen molar-refractivity contribution in [2.24, 2.45) is 10.9 Å². The smallest absolute Gasteiger partial charge is 0.410 e. The first-order valence-electron chi connectivity index (χ1n) is 6.06. The Morgan fingerprint density at radius 1 is 1.53 bits per heavy atom. The number of hydrazone groups is 1. The van der Waals surface area contributed by atoms with Gasteiger partial charge in [0.1, 0.15) is 5.60 Å². The van der Waals surface area contributed by atoms with E-state index in [1.54, 1.807) is 4.90 Å². The van der Waals surface area contributed by atoms with Gasteiger partial charge in [-0.3, -0.25) is 0 Å². The summed E-state index contributed by atoms with van der Waals surface area (Å²) in [6.45, 7) is 8.27. The van der Waals surface area contributed by atoms with Gasteiger partial charge in [0.25, 0.3) is 0 Å². The minimum Gasteiger partial charge on any atom is -0.444 e. The molecule has 0 bridgehead atoms. The van der Waals surface area contributed by atoms with Crippen LogP contribution < -0.4 is 5.84 Å². The number of nitrogens with two attached hydrogens (primary N) is 1. The van der Waals surface area contributed by atoms with Gasteiger partial charge in [-0.15, -0.1) is 0 Å². The lowest BCUT2D eigenvalue weighted by molar-refractivity contribution is 0.0231. The third-order valence-corrected chi connectivity index (χ3v) is 2.76. The maximum Gasteiger partial charge on any atom is 0.410 e. The Kier molecular flexibility index (Phi) is 4.37. The second-order valence-electron chi connectivity index (χ2n) is 5.54. The van der Waals surface area contributed by atoms with E-state index in [9.17, 15) is 4.79 Å². The molecule has 5 nitrogen and oxygen atoms in total. The van der Waals surface area contributed by atoms with Crippen LogP contribution in [0, 0.1) is 0 Å². The number of ether oxygens (including phenoxy) is 1. The van der Waals surface area contributed by atoms with E-state index < -0.39 is 5.60 Å². The molecule has 1 aliphatic rings. The highest BCUT2D eigenvalue weighted by atomic mass is 16.6. The topological polar surface area (TPSA) is 67.9 Å². The van der Waals surface area contributed by atoms with E-state index in [-0.39, 0.29) is 12.1 Å². The van der Waals surface area contributed by atoms with Crippen molar-refractivity contribution in [3.63, 3.8) is 0 Å². The number of likely N-dealkylation sites (tertiary alicyclic amines) is 1. The molecule has 0 aromatic carbocycles. The quantitative estimate of drug-likeness (QED) is 0.457. The summed E-state index contributed by atoms with van der Waals surface area (Å²) in [5, 5.41) is 3.66. The summed E-state index contributed by atoms with van der Waals surface area (Å²) in [5.74, 6) is 5.23. The Labute approximate surface area is 103 Å². The molecule has 1 fully saturated rings. The van der Waals surface area contributed by atoms with E-state index in [0.29, 0.717) is 0 Å². The second kappa shape index (κ2) is 5.38. The fourth-order valence-electron chi connectivity index (χ4n) is 2.00. The SMILES string of the molecule is C/C(CC1CCCN1C(=O)OC(C)(C)C)=N\N. The average Bonchev–Trinajstić information content (AvgIpc) is 2.63. The number of rotatable bonds is 2. The van der Waals surface area contributed by atoms with Crippen molar-refractivity contribution in [2.75, 3.05) is 6.54 Å². The van der Waals surface area contributed by atoms with Gasteiger partial charge in [0.05, 0.1) is 0 Å². The van der Waals surface area contributed by atoms with Gasteiger partial charge in [0.15, 0.2) is 0 Å². The van der Waals surface area contributed by atoms with Crippen LogP contribution in [0.1, 0.15) is 47.0 Å². The van der Waals surface area contributed by atoms with Crippen LogP contribution >= 0.6 is 0 Å². The maximum absolute atomic E-state index is 12.0. The van der Waals surface area contributed by atoms with Crippen LogP contribution in [0.2, 0.25) is 0 Å². The fraction of sp³-hybridized carbons (Fsp3) is 0.833. The van der Waals surface area contributed by atoms with Crippen LogP contribution in [0.3, 0.4) is 0 Å². The fourth-order valence-corrected chi connectivity index (χ4v) is 2.00. The van der Waals surface area contributed by atoms with Crippen molar-refractivity contribution in [1.29, 1.82) is 0 Å². The second-order valence-corrected chi connectivity index (χ2v) is 5.54. The lowest BCUT2D eigenvalue weighted by atomic mass is 10.1. The molecule has 0 aliphatic carbocycles. The number of carbonyl (C=O) groups excluding carboxylic acids is 1. The van der Waals surface area contributed by atoms with E-state index in [2.05, 4.69) is 5.10 Å². The van der Waals surface area contributed by atoms with Crippen molar-refractivity contribution in [3.05, 3.63) is 0 Å². The molecule has 1 saturated heterocycles. The zero-order chi connectivity index (χ0) is 13.1. The van der Waals surface area contributed by atoms with Crippen molar-refractivity contribution >= 4 is 11.8 Å². The molecule has 1 rings (SSSR count). The molecule has 0 aromatic rings. The lowest BCUT2D eigenvalue weighted by Crippen LogP contribution is -2.40. The number of hydrogen-bond acceptors (Lipinski definition) is 4. The summed E-state index contributed by atoms with van der Waals surface area (Å²) < 4.78 is 5.38. The van der Waals surface area contributed by atoms with Gasteiger partial charge in [-0.25, -0.2) is 4.79 Å². The van der Waals surface area contributed by atoms with Gasteiger partial charge < -0.3 is 15.5 Å². The predicted molar refractivity (Wildman–Crippen MR) is 67.9 cm³/mol. The summed E-state index contributed by atoms with van der Waals surface area (Å²) in [7, 11) is 0. The largest absolute Gasteiger partial charge is 0.444 e. The van der Waals surface area contributed by atoms with E-state index in [4.69, 9.17) is 10.6 Å². The third kappa shape index (κ3) is 4.24. The number of hydrogen-bond donors (Lipinski definition) is 1. The molecule has 1 atom stereocenters. The zero-order valence-electron chi connectivity index (χ0n) is 11.2. The zero-order valence-corrected chi connectivity index (χ0v) is 11.2. The first-order valence-corrected chi connectivity index (χ1v) is 6.06.